The Bertz CT molecular complexity index is 534. The van der Waals surface area contributed by atoms with Gasteiger partial charge in [0.2, 0.25) is 0 Å². The Morgan fingerprint density at radius 2 is 1.74 bits per heavy atom. The van der Waals surface area contributed by atoms with Gasteiger partial charge in [-0.2, -0.15) is 0 Å². The van der Waals surface area contributed by atoms with E-state index >= 15 is 0 Å². The highest BCUT2D eigenvalue weighted by molar-refractivity contribution is 5.96. The number of aliphatic carboxylic acids is 1. The van der Waals surface area contributed by atoms with E-state index < -0.39 is 12.0 Å². The summed E-state index contributed by atoms with van der Waals surface area (Å²) in [5, 5.41) is 11.8. The molecule has 0 spiro atoms. The first-order chi connectivity index (χ1) is 11.0. The fourth-order valence-corrected chi connectivity index (χ4v) is 2.91. The molecule has 2 N–H and O–H groups in total. The quantitative estimate of drug-likeness (QED) is 0.846. The van der Waals surface area contributed by atoms with E-state index in [4.69, 9.17) is 0 Å². The molecule has 0 radical (unpaired) electrons. The molecule has 1 atom stereocenters. The second-order valence-electron chi connectivity index (χ2n) is 6.59. The van der Waals surface area contributed by atoms with Gasteiger partial charge in [0, 0.05) is 24.3 Å². The molecule has 1 saturated heterocycles. The molecular weight excluding hydrogens is 292 g/mol. The molecule has 1 amide bonds. The van der Waals surface area contributed by atoms with E-state index in [1.807, 2.05) is 26.0 Å². The number of carbonyl (C=O) groups excluding carboxylic acids is 1. The van der Waals surface area contributed by atoms with Crippen molar-refractivity contribution in [3.63, 3.8) is 0 Å². The number of hydrogen-bond donors (Lipinski definition) is 2. The van der Waals surface area contributed by atoms with E-state index in [1.54, 1.807) is 12.1 Å². The summed E-state index contributed by atoms with van der Waals surface area (Å²) in [5.41, 5.74) is 1.62. The maximum absolute atomic E-state index is 12.2. The maximum Gasteiger partial charge on any atom is 0.326 e. The monoisotopic (exact) mass is 318 g/mol. The molecule has 5 nitrogen and oxygen atoms in total. The Morgan fingerprint density at radius 1 is 1.13 bits per heavy atom. The number of rotatable bonds is 6. The molecule has 1 aliphatic heterocycles. The number of hydrogen-bond acceptors (Lipinski definition) is 3. The molecule has 1 aromatic rings. The Balaban J connectivity index is 2.00. The highest BCUT2D eigenvalue weighted by Crippen LogP contribution is 2.20. The maximum atomic E-state index is 12.2. The van der Waals surface area contributed by atoms with Crippen molar-refractivity contribution in [2.24, 2.45) is 5.92 Å². The Morgan fingerprint density at radius 3 is 2.26 bits per heavy atom. The van der Waals surface area contributed by atoms with E-state index in [0.29, 0.717) is 12.0 Å². The highest BCUT2D eigenvalue weighted by Gasteiger charge is 2.21. The van der Waals surface area contributed by atoms with Crippen molar-refractivity contribution in [1.29, 1.82) is 0 Å². The van der Waals surface area contributed by atoms with Crippen molar-refractivity contribution in [2.75, 3.05) is 18.0 Å². The number of carboxylic acid groups (broad SMARTS) is 1. The molecule has 126 valence electrons. The molecule has 0 bridgehead atoms. The Hall–Kier alpha value is -2.04. The fraction of sp³-hybridized carbons (Fsp3) is 0.556. The van der Waals surface area contributed by atoms with Crippen LogP contribution in [-0.4, -0.2) is 36.1 Å². The summed E-state index contributed by atoms with van der Waals surface area (Å²) in [6, 6.07) is 6.59. The van der Waals surface area contributed by atoms with Crippen LogP contribution in [0.25, 0.3) is 0 Å². The van der Waals surface area contributed by atoms with Gasteiger partial charge in [0.25, 0.3) is 5.91 Å². The van der Waals surface area contributed by atoms with Gasteiger partial charge in [-0.3, -0.25) is 4.79 Å². The third-order valence-corrected chi connectivity index (χ3v) is 4.16. The van der Waals surface area contributed by atoms with E-state index in [2.05, 4.69) is 10.2 Å². The number of piperidine rings is 1. The van der Waals surface area contributed by atoms with Crippen molar-refractivity contribution in [2.45, 2.75) is 45.6 Å². The van der Waals surface area contributed by atoms with Gasteiger partial charge in [-0.1, -0.05) is 13.8 Å². The lowest BCUT2D eigenvalue weighted by molar-refractivity contribution is -0.139. The van der Waals surface area contributed by atoms with E-state index in [0.717, 1.165) is 18.8 Å². The van der Waals surface area contributed by atoms with Crippen LogP contribution in [0, 0.1) is 5.92 Å². The first-order valence-corrected chi connectivity index (χ1v) is 8.36. The molecule has 0 aliphatic carbocycles. The lowest BCUT2D eigenvalue weighted by Gasteiger charge is -2.28. The molecule has 1 heterocycles. The zero-order valence-corrected chi connectivity index (χ0v) is 13.9. The van der Waals surface area contributed by atoms with E-state index in [9.17, 15) is 14.7 Å². The number of nitrogens with one attached hydrogen (secondary N) is 1. The molecule has 23 heavy (non-hydrogen) atoms. The standard InChI is InChI=1S/C18H26N2O3/c1-13(2)12-16(18(22)23)19-17(21)14-6-8-15(9-7-14)20-10-4-3-5-11-20/h6-9,13,16H,3-5,10-12H2,1-2H3,(H,19,21)(H,22,23)/t16-/m0/s1. The van der Waals surface area contributed by atoms with Crippen LogP contribution >= 0.6 is 0 Å². The second kappa shape index (κ2) is 7.99. The SMILES string of the molecule is CC(C)C[C@H](NC(=O)c1ccc(N2CCCCC2)cc1)C(=O)O. The number of benzene rings is 1. The van der Waals surface area contributed by atoms with Crippen molar-refractivity contribution in [3.05, 3.63) is 29.8 Å². The first kappa shape index (κ1) is 17.3. The average molecular weight is 318 g/mol. The smallest absolute Gasteiger partial charge is 0.326 e. The molecule has 1 aliphatic rings. The summed E-state index contributed by atoms with van der Waals surface area (Å²) in [5.74, 6) is -1.11. The van der Waals surface area contributed by atoms with Crippen LogP contribution in [0.5, 0.6) is 0 Å². The number of amides is 1. The number of carbonyl (C=O) groups is 2. The van der Waals surface area contributed by atoms with E-state index in [1.165, 1.54) is 19.3 Å². The van der Waals surface area contributed by atoms with Gasteiger partial charge < -0.3 is 15.3 Å². The Kier molecular flexibility index (Phi) is 6.02. The van der Waals surface area contributed by atoms with Gasteiger partial charge in [0.1, 0.15) is 6.04 Å². The fourth-order valence-electron chi connectivity index (χ4n) is 2.91. The number of nitrogens with zero attached hydrogens (tertiary/aromatic N) is 1. The van der Waals surface area contributed by atoms with Crippen molar-refractivity contribution < 1.29 is 14.7 Å². The van der Waals surface area contributed by atoms with Gasteiger partial charge >= 0.3 is 5.97 Å². The zero-order chi connectivity index (χ0) is 16.8. The van der Waals surface area contributed by atoms with Crippen LogP contribution in [-0.2, 0) is 4.79 Å². The van der Waals surface area contributed by atoms with Gasteiger partial charge in [0.15, 0.2) is 0 Å². The summed E-state index contributed by atoms with van der Waals surface area (Å²) >= 11 is 0. The summed E-state index contributed by atoms with van der Waals surface area (Å²) in [6.07, 6.45) is 4.12. The predicted molar refractivity (Wildman–Crippen MR) is 90.9 cm³/mol. The lowest BCUT2D eigenvalue weighted by atomic mass is 10.0. The molecule has 2 rings (SSSR count). The van der Waals surface area contributed by atoms with Gasteiger partial charge in [0.05, 0.1) is 0 Å². The van der Waals surface area contributed by atoms with Crippen LogP contribution in [0.1, 0.15) is 49.9 Å². The normalized spacial score (nSPS) is 16.2. The predicted octanol–water partition coefficient (Wildman–Crippen LogP) is 2.91. The van der Waals surface area contributed by atoms with Gasteiger partial charge in [-0.25, -0.2) is 4.79 Å². The molecule has 0 saturated carbocycles. The summed E-state index contributed by atoms with van der Waals surface area (Å²) in [4.78, 5) is 25.8. The minimum atomic E-state index is -0.989. The van der Waals surface area contributed by atoms with Crippen molar-refractivity contribution >= 4 is 17.6 Å². The van der Waals surface area contributed by atoms with Gasteiger partial charge in [-0.05, 0) is 55.9 Å². The lowest BCUT2D eigenvalue weighted by Crippen LogP contribution is -2.41. The van der Waals surface area contributed by atoms with E-state index in [-0.39, 0.29) is 11.8 Å². The summed E-state index contributed by atoms with van der Waals surface area (Å²) < 4.78 is 0. The van der Waals surface area contributed by atoms with Crippen LogP contribution < -0.4 is 10.2 Å². The third-order valence-electron chi connectivity index (χ3n) is 4.16. The van der Waals surface area contributed by atoms with Crippen LogP contribution in [0.3, 0.4) is 0 Å². The minimum absolute atomic E-state index is 0.206. The zero-order valence-electron chi connectivity index (χ0n) is 13.9. The van der Waals surface area contributed by atoms with Gasteiger partial charge in [-0.15, -0.1) is 0 Å². The molecule has 1 fully saturated rings. The minimum Gasteiger partial charge on any atom is -0.480 e. The third kappa shape index (κ3) is 4.98. The molecule has 0 unspecified atom stereocenters. The molecular formula is C18H26N2O3. The van der Waals surface area contributed by atoms with Crippen LogP contribution in [0.2, 0.25) is 0 Å². The largest absolute Gasteiger partial charge is 0.480 e. The highest BCUT2D eigenvalue weighted by atomic mass is 16.4. The summed E-state index contributed by atoms with van der Waals surface area (Å²) in [7, 11) is 0. The van der Waals surface area contributed by atoms with Crippen LogP contribution in [0.15, 0.2) is 24.3 Å². The van der Waals surface area contributed by atoms with Crippen LogP contribution in [0.4, 0.5) is 5.69 Å². The van der Waals surface area contributed by atoms with Crippen molar-refractivity contribution in [3.8, 4) is 0 Å². The number of carboxylic acids is 1. The Labute approximate surface area is 137 Å². The second-order valence-corrected chi connectivity index (χ2v) is 6.59. The summed E-state index contributed by atoms with van der Waals surface area (Å²) in [6.45, 7) is 5.99. The molecule has 0 aromatic heterocycles. The molecule has 1 aromatic carbocycles. The first-order valence-electron chi connectivity index (χ1n) is 8.36. The van der Waals surface area contributed by atoms with Crippen molar-refractivity contribution in [1.82, 2.24) is 5.32 Å². The number of anilines is 1. The molecule has 5 heteroatoms. The average Bonchev–Trinajstić information content (AvgIpc) is 2.54. The topological polar surface area (TPSA) is 69.6 Å².